The van der Waals surface area contributed by atoms with Crippen LogP contribution in [-0.4, -0.2) is 36.1 Å². The van der Waals surface area contributed by atoms with Crippen molar-refractivity contribution in [1.82, 2.24) is 20.6 Å². The molecule has 0 aromatic carbocycles. The standard InChI is InChI=1S/C4H10N2.C4H4N2.FH/c1-2-6-4-3-5-1;1-2-5-4-6-3-1;/h5-6H,1-4H2;1-4H;1H. The molecular weight excluding hydrogens is 171 g/mol. The molecule has 1 aliphatic rings. The van der Waals surface area contributed by atoms with Gasteiger partial charge in [-0.15, -0.1) is 0 Å². The van der Waals surface area contributed by atoms with Gasteiger partial charge in [0.25, 0.3) is 0 Å². The number of aromatic nitrogens is 2. The Morgan fingerprint density at radius 3 is 1.46 bits per heavy atom. The molecule has 1 fully saturated rings. The third-order valence-corrected chi connectivity index (χ3v) is 1.43. The van der Waals surface area contributed by atoms with Gasteiger partial charge in [0.2, 0.25) is 0 Å². The molecule has 2 N–H and O–H groups in total. The molecule has 0 radical (unpaired) electrons. The molecule has 2 rings (SSSR count). The smallest absolute Gasteiger partial charge is 0.115 e. The minimum atomic E-state index is 0. The SMILES string of the molecule is C1CNCCN1.F.c1cncnc1. The van der Waals surface area contributed by atoms with Crippen LogP contribution in [0.15, 0.2) is 24.8 Å². The van der Waals surface area contributed by atoms with E-state index in [1.165, 1.54) is 6.33 Å². The third-order valence-electron chi connectivity index (χ3n) is 1.43. The molecule has 74 valence electrons. The highest BCUT2D eigenvalue weighted by molar-refractivity contribution is 4.74. The van der Waals surface area contributed by atoms with E-state index >= 15 is 0 Å². The zero-order valence-electron chi connectivity index (χ0n) is 7.44. The molecule has 1 aliphatic heterocycles. The van der Waals surface area contributed by atoms with Gasteiger partial charge in [-0.05, 0) is 6.07 Å². The molecule has 1 aromatic heterocycles. The maximum atomic E-state index is 3.67. The first kappa shape index (κ1) is 11.9. The van der Waals surface area contributed by atoms with Crippen LogP contribution in [0.1, 0.15) is 0 Å². The molecule has 0 aliphatic carbocycles. The van der Waals surface area contributed by atoms with Gasteiger partial charge in [0.05, 0.1) is 0 Å². The number of hydrogen-bond acceptors (Lipinski definition) is 4. The molecule has 0 spiro atoms. The van der Waals surface area contributed by atoms with E-state index in [9.17, 15) is 0 Å². The minimum Gasteiger partial charge on any atom is -0.314 e. The fourth-order valence-corrected chi connectivity index (χ4v) is 0.857. The van der Waals surface area contributed by atoms with E-state index in [1.807, 2.05) is 0 Å². The first-order valence-electron chi connectivity index (χ1n) is 4.11. The van der Waals surface area contributed by atoms with Gasteiger partial charge in [0.15, 0.2) is 0 Å². The summed E-state index contributed by atoms with van der Waals surface area (Å²) >= 11 is 0. The topological polar surface area (TPSA) is 49.8 Å². The predicted octanol–water partition coefficient (Wildman–Crippen LogP) is -0.192. The van der Waals surface area contributed by atoms with Crippen molar-refractivity contribution < 1.29 is 4.70 Å². The Bertz CT molecular complexity index is 141. The fraction of sp³-hybridized carbons (Fsp3) is 0.500. The zero-order chi connectivity index (χ0) is 8.49. The van der Waals surface area contributed by atoms with Crippen LogP contribution in [0.25, 0.3) is 0 Å². The summed E-state index contributed by atoms with van der Waals surface area (Å²) in [6.07, 6.45) is 4.88. The molecule has 0 bridgehead atoms. The lowest BCUT2D eigenvalue weighted by molar-refractivity contribution is 0.534. The molecule has 0 saturated carbocycles. The van der Waals surface area contributed by atoms with Crippen LogP contribution in [0.2, 0.25) is 0 Å². The second-order valence-corrected chi connectivity index (χ2v) is 2.40. The molecule has 1 saturated heterocycles. The van der Waals surface area contributed by atoms with Crippen molar-refractivity contribution >= 4 is 0 Å². The monoisotopic (exact) mass is 186 g/mol. The second kappa shape index (κ2) is 9.02. The molecular formula is C8H15FN4. The van der Waals surface area contributed by atoms with Crippen LogP contribution in [-0.2, 0) is 0 Å². The van der Waals surface area contributed by atoms with Gasteiger partial charge < -0.3 is 10.6 Å². The number of piperazine rings is 1. The van der Waals surface area contributed by atoms with Crippen molar-refractivity contribution in [3.05, 3.63) is 24.8 Å². The van der Waals surface area contributed by atoms with Gasteiger partial charge in [0, 0.05) is 38.6 Å². The summed E-state index contributed by atoms with van der Waals surface area (Å²) in [6, 6.07) is 1.78. The lowest BCUT2D eigenvalue weighted by Gasteiger charge is -2.11. The summed E-state index contributed by atoms with van der Waals surface area (Å²) in [4.78, 5) is 7.35. The predicted molar refractivity (Wildman–Crippen MR) is 50.3 cm³/mol. The molecule has 5 heteroatoms. The van der Waals surface area contributed by atoms with Crippen molar-refractivity contribution in [1.29, 1.82) is 0 Å². The van der Waals surface area contributed by atoms with E-state index in [0.29, 0.717) is 0 Å². The number of rotatable bonds is 0. The molecule has 1 aromatic rings. The molecule has 0 amide bonds. The number of nitrogens with zero attached hydrogens (tertiary/aromatic N) is 2. The van der Waals surface area contributed by atoms with Crippen molar-refractivity contribution in [3.63, 3.8) is 0 Å². The Hall–Kier alpha value is -1.07. The van der Waals surface area contributed by atoms with E-state index in [1.54, 1.807) is 18.5 Å². The Balaban J connectivity index is 0.000000206. The number of hydrogen-bond donors (Lipinski definition) is 2. The summed E-state index contributed by atoms with van der Waals surface area (Å²) < 4.78 is 0. The Morgan fingerprint density at radius 2 is 1.31 bits per heavy atom. The van der Waals surface area contributed by atoms with Gasteiger partial charge in [-0.25, -0.2) is 9.97 Å². The van der Waals surface area contributed by atoms with Crippen molar-refractivity contribution in [2.75, 3.05) is 26.2 Å². The average Bonchev–Trinajstić information content (AvgIpc) is 2.24. The molecule has 13 heavy (non-hydrogen) atoms. The summed E-state index contributed by atoms with van der Waals surface area (Å²) in [5.41, 5.74) is 0. The van der Waals surface area contributed by atoms with Crippen LogP contribution in [0, 0.1) is 0 Å². The van der Waals surface area contributed by atoms with Gasteiger partial charge in [0.1, 0.15) is 6.33 Å². The van der Waals surface area contributed by atoms with Gasteiger partial charge >= 0.3 is 0 Å². The quantitative estimate of drug-likeness (QED) is 0.589. The fourth-order valence-electron chi connectivity index (χ4n) is 0.857. The van der Waals surface area contributed by atoms with E-state index in [4.69, 9.17) is 0 Å². The van der Waals surface area contributed by atoms with Crippen molar-refractivity contribution in [3.8, 4) is 0 Å². The Morgan fingerprint density at radius 1 is 0.846 bits per heavy atom. The van der Waals surface area contributed by atoms with Gasteiger partial charge in [-0.1, -0.05) is 0 Å². The van der Waals surface area contributed by atoms with E-state index in [2.05, 4.69) is 20.6 Å². The molecule has 0 atom stereocenters. The minimum absolute atomic E-state index is 0. The van der Waals surface area contributed by atoms with Crippen molar-refractivity contribution in [2.45, 2.75) is 0 Å². The van der Waals surface area contributed by atoms with Crippen LogP contribution in [0.3, 0.4) is 0 Å². The maximum Gasteiger partial charge on any atom is 0.115 e. The first-order valence-corrected chi connectivity index (χ1v) is 4.11. The molecule has 4 nitrogen and oxygen atoms in total. The summed E-state index contributed by atoms with van der Waals surface area (Å²) in [6.45, 7) is 4.56. The summed E-state index contributed by atoms with van der Waals surface area (Å²) in [5.74, 6) is 0. The summed E-state index contributed by atoms with van der Waals surface area (Å²) in [7, 11) is 0. The zero-order valence-corrected chi connectivity index (χ0v) is 7.44. The molecule has 0 unspecified atom stereocenters. The lowest BCUT2D eigenvalue weighted by atomic mass is 10.4. The summed E-state index contributed by atoms with van der Waals surface area (Å²) in [5, 5.41) is 6.44. The van der Waals surface area contributed by atoms with Crippen LogP contribution in [0.5, 0.6) is 0 Å². The van der Waals surface area contributed by atoms with Crippen LogP contribution >= 0.6 is 0 Å². The van der Waals surface area contributed by atoms with Crippen molar-refractivity contribution in [2.24, 2.45) is 0 Å². The number of nitrogens with one attached hydrogen (secondary N) is 2. The second-order valence-electron chi connectivity index (χ2n) is 2.40. The van der Waals surface area contributed by atoms with Crippen LogP contribution < -0.4 is 10.6 Å². The molecule has 2 heterocycles. The largest absolute Gasteiger partial charge is 0.314 e. The van der Waals surface area contributed by atoms with Crippen LogP contribution in [0.4, 0.5) is 4.70 Å². The maximum absolute atomic E-state index is 3.67. The highest BCUT2D eigenvalue weighted by atomic mass is 19.0. The van der Waals surface area contributed by atoms with E-state index in [0.717, 1.165) is 26.2 Å². The van der Waals surface area contributed by atoms with Gasteiger partial charge in [-0.2, -0.15) is 0 Å². The third kappa shape index (κ3) is 7.30. The highest BCUT2D eigenvalue weighted by Gasteiger charge is 1.91. The Kier molecular flexibility index (Phi) is 8.28. The highest BCUT2D eigenvalue weighted by Crippen LogP contribution is 1.66. The van der Waals surface area contributed by atoms with E-state index < -0.39 is 0 Å². The first-order chi connectivity index (χ1) is 6.00. The van der Waals surface area contributed by atoms with Gasteiger partial charge in [-0.3, -0.25) is 4.70 Å². The average molecular weight is 186 g/mol. The van der Waals surface area contributed by atoms with E-state index in [-0.39, 0.29) is 4.70 Å². The lowest BCUT2D eigenvalue weighted by Crippen LogP contribution is -2.39. The Labute approximate surface area is 77.2 Å². The normalized spacial score (nSPS) is 14.8. The number of halogens is 1.